The van der Waals surface area contributed by atoms with Gasteiger partial charge in [0.05, 0.1) is 11.8 Å². The zero-order valence-electron chi connectivity index (χ0n) is 14.9. The number of piperidine rings is 1. The smallest absolute Gasteiger partial charge is 0.228 e. The fourth-order valence-corrected chi connectivity index (χ4v) is 3.41. The molecule has 24 heavy (non-hydrogen) atoms. The van der Waals surface area contributed by atoms with Gasteiger partial charge in [-0.15, -0.1) is 0 Å². The van der Waals surface area contributed by atoms with E-state index in [-0.39, 0.29) is 23.7 Å². The minimum absolute atomic E-state index is 0.0176. The van der Waals surface area contributed by atoms with Gasteiger partial charge in [-0.2, -0.15) is 0 Å². The second kappa shape index (κ2) is 6.96. The number of anilines is 1. The first-order valence-corrected chi connectivity index (χ1v) is 9.15. The fraction of sp³-hybridized carbons (Fsp3) is 0.600. The summed E-state index contributed by atoms with van der Waals surface area (Å²) in [6.07, 6.45) is 2.86. The summed E-state index contributed by atoms with van der Waals surface area (Å²) in [6, 6.07) is 7.98. The highest BCUT2D eigenvalue weighted by Crippen LogP contribution is 2.41. The van der Waals surface area contributed by atoms with Crippen LogP contribution in [0.1, 0.15) is 51.5 Å². The molecule has 2 fully saturated rings. The molecule has 130 valence electrons. The first-order chi connectivity index (χ1) is 11.5. The number of rotatable bonds is 4. The maximum atomic E-state index is 12.5. The highest BCUT2D eigenvalue weighted by atomic mass is 16.2. The van der Waals surface area contributed by atoms with E-state index in [0.29, 0.717) is 18.3 Å². The molecule has 1 aliphatic heterocycles. The van der Waals surface area contributed by atoms with Gasteiger partial charge in [-0.1, -0.05) is 32.9 Å². The highest BCUT2D eigenvalue weighted by Gasteiger charge is 2.49. The van der Waals surface area contributed by atoms with Crippen molar-refractivity contribution in [2.75, 3.05) is 18.4 Å². The number of nitrogens with one attached hydrogen (secondary N) is 1. The molecule has 2 atom stereocenters. The lowest BCUT2D eigenvalue weighted by atomic mass is 9.99. The van der Waals surface area contributed by atoms with Crippen molar-refractivity contribution in [2.45, 2.75) is 46.0 Å². The van der Waals surface area contributed by atoms with Crippen LogP contribution in [-0.2, 0) is 9.59 Å². The topological polar surface area (TPSA) is 49.4 Å². The van der Waals surface area contributed by atoms with E-state index in [0.717, 1.165) is 31.6 Å². The molecule has 2 aliphatic rings. The molecule has 0 aromatic heterocycles. The Labute approximate surface area is 144 Å². The third-order valence-electron chi connectivity index (χ3n) is 5.38. The molecule has 3 rings (SSSR count). The standard InChI is InChI=1S/C20H28N2O2/c1-13(2)15-4-6-16(7-5-15)21-19(23)17-12-18(17)20(24)22-10-8-14(3)9-11-22/h4-7,13-14,17-18H,8-12H2,1-3H3,(H,21,23). The normalized spacial score (nSPS) is 24.1. The predicted molar refractivity (Wildman–Crippen MR) is 95.7 cm³/mol. The molecule has 0 bridgehead atoms. The molecule has 0 spiro atoms. The van der Waals surface area contributed by atoms with Crippen LogP contribution in [-0.4, -0.2) is 29.8 Å². The van der Waals surface area contributed by atoms with Gasteiger partial charge in [0, 0.05) is 18.8 Å². The molecule has 1 heterocycles. The number of likely N-dealkylation sites (tertiary alicyclic amines) is 1. The van der Waals surface area contributed by atoms with E-state index in [4.69, 9.17) is 0 Å². The molecule has 1 saturated carbocycles. The summed E-state index contributed by atoms with van der Waals surface area (Å²) in [5.74, 6) is 1.09. The number of amides is 2. The fourth-order valence-electron chi connectivity index (χ4n) is 3.41. The Hall–Kier alpha value is -1.84. The second-order valence-electron chi connectivity index (χ2n) is 7.72. The van der Waals surface area contributed by atoms with Gasteiger partial charge in [-0.05, 0) is 48.8 Å². The molecule has 0 radical (unpaired) electrons. The van der Waals surface area contributed by atoms with Crippen LogP contribution in [0.15, 0.2) is 24.3 Å². The van der Waals surface area contributed by atoms with Crippen LogP contribution in [0.25, 0.3) is 0 Å². The van der Waals surface area contributed by atoms with Crippen LogP contribution in [0.3, 0.4) is 0 Å². The van der Waals surface area contributed by atoms with Gasteiger partial charge >= 0.3 is 0 Å². The number of nitrogens with zero attached hydrogens (tertiary/aromatic N) is 1. The van der Waals surface area contributed by atoms with Crippen LogP contribution in [0.4, 0.5) is 5.69 Å². The molecule has 2 unspecified atom stereocenters. The van der Waals surface area contributed by atoms with E-state index < -0.39 is 0 Å². The van der Waals surface area contributed by atoms with Crippen LogP contribution in [0.5, 0.6) is 0 Å². The van der Waals surface area contributed by atoms with E-state index in [2.05, 4.69) is 26.1 Å². The zero-order valence-corrected chi connectivity index (χ0v) is 14.9. The second-order valence-corrected chi connectivity index (χ2v) is 7.72. The largest absolute Gasteiger partial charge is 0.342 e. The average Bonchev–Trinajstić information content (AvgIpc) is 3.36. The molecular weight excluding hydrogens is 300 g/mol. The van der Waals surface area contributed by atoms with E-state index in [1.807, 2.05) is 29.2 Å². The molecule has 1 saturated heterocycles. The lowest BCUT2D eigenvalue weighted by Gasteiger charge is -2.30. The quantitative estimate of drug-likeness (QED) is 0.917. The van der Waals surface area contributed by atoms with Crippen molar-refractivity contribution in [1.29, 1.82) is 0 Å². The van der Waals surface area contributed by atoms with Gasteiger partial charge in [0.1, 0.15) is 0 Å². The van der Waals surface area contributed by atoms with E-state index in [9.17, 15) is 9.59 Å². The lowest BCUT2D eigenvalue weighted by Crippen LogP contribution is -2.39. The number of benzene rings is 1. The number of hydrogen-bond donors (Lipinski definition) is 1. The van der Waals surface area contributed by atoms with Crippen LogP contribution in [0, 0.1) is 17.8 Å². The summed E-state index contributed by atoms with van der Waals surface area (Å²) in [7, 11) is 0. The molecular formula is C20H28N2O2. The van der Waals surface area contributed by atoms with Gasteiger partial charge in [0.2, 0.25) is 11.8 Å². The maximum Gasteiger partial charge on any atom is 0.228 e. The Kier molecular flexibility index (Phi) is 4.93. The number of carbonyl (C=O) groups excluding carboxylic acids is 2. The van der Waals surface area contributed by atoms with Gasteiger partial charge < -0.3 is 10.2 Å². The lowest BCUT2D eigenvalue weighted by molar-refractivity contribution is -0.135. The summed E-state index contributed by atoms with van der Waals surface area (Å²) in [5.41, 5.74) is 2.07. The number of carbonyl (C=O) groups is 2. The van der Waals surface area contributed by atoms with E-state index in [1.165, 1.54) is 5.56 Å². The van der Waals surface area contributed by atoms with Gasteiger partial charge in [0.15, 0.2) is 0 Å². The molecule has 1 aromatic carbocycles. The first-order valence-electron chi connectivity index (χ1n) is 9.15. The van der Waals surface area contributed by atoms with Crippen molar-refractivity contribution >= 4 is 17.5 Å². The summed E-state index contributed by atoms with van der Waals surface area (Å²) >= 11 is 0. The van der Waals surface area contributed by atoms with Crippen LogP contribution >= 0.6 is 0 Å². The van der Waals surface area contributed by atoms with Crippen molar-refractivity contribution in [2.24, 2.45) is 17.8 Å². The Bertz CT molecular complexity index is 601. The summed E-state index contributed by atoms with van der Waals surface area (Å²) < 4.78 is 0. The first kappa shape index (κ1) is 17.0. The van der Waals surface area contributed by atoms with Gasteiger partial charge in [-0.25, -0.2) is 0 Å². The van der Waals surface area contributed by atoms with Gasteiger partial charge in [0.25, 0.3) is 0 Å². The van der Waals surface area contributed by atoms with Crippen LogP contribution in [0.2, 0.25) is 0 Å². The number of hydrogen-bond acceptors (Lipinski definition) is 2. The monoisotopic (exact) mass is 328 g/mol. The van der Waals surface area contributed by atoms with Crippen molar-refractivity contribution < 1.29 is 9.59 Å². The minimum Gasteiger partial charge on any atom is -0.342 e. The summed E-state index contributed by atoms with van der Waals surface area (Å²) in [4.78, 5) is 26.8. The van der Waals surface area contributed by atoms with Crippen molar-refractivity contribution in [1.82, 2.24) is 4.90 Å². The Morgan fingerprint density at radius 1 is 1.08 bits per heavy atom. The summed E-state index contributed by atoms with van der Waals surface area (Å²) in [6.45, 7) is 8.23. The highest BCUT2D eigenvalue weighted by molar-refractivity contribution is 5.99. The minimum atomic E-state index is -0.151. The molecule has 1 aliphatic carbocycles. The zero-order chi connectivity index (χ0) is 17.3. The molecule has 1 N–H and O–H groups in total. The third kappa shape index (κ3) is 3.80. The third-order valence-corrected chi connectivity index (χ3v) is 5.38. The van der Waals surface area contributed by atoms with Crippen molar-refractivity contribution in [3.8, 4) is 0 Å². The maximum absolute atomic E-state index is 12.5. The van der Waals surface area contributed by atoms with E-state index >= 15 is 0 Å². The average molecular weight is 328 g/mol. The SMILES string of the molecule is CC1CCN(C(=O)C2CC2C(=O)Nc2ccc(C(C)C)cc2)CC1. The summed E-state index contributed by atoms with van der Waals surface area (Å²) in [5, 5.41) is 2.96. The van der Waals surface area contributed by atoms with Crippen molar-refractivity contribution in [3.05, 3.63) is 29.8 Å². The molecule has 2 amide bonds. The molecule has 4 nitrogen and oxygen atoms in total. The molecule has 4 heteroatoms. The van der Waals surface area contributed by atoms with Crippen molar-refractivity contribution in [3.63, 3.8) is 0 Å². The predicted octanol–water partition coefficient (Wildman–Crippen LogP) is 3.64. The van der Waals surface area contributed by atoms with Crippen LogP contribution < -0.4 is 5.32 Å². The Morgan fingerprint density at radius 3 is 2.29 bits per heavy atom. The van der Waals surface area contributed by atoms with Gasteiger partial charge in [-0.3, -0.25) is 9.59 Å². The Morgan fingerprint density at radius 2 is 1.71 bits per heavy atom. The molecule has 1 aromatic rings. The Balaban J connectivity index is 1.51. The van der Waals surface area contributed by atoms with E-state index in [1.54, 1.807) is 0 Å².